The Morgan fingerprint density at radius 1 is 1.17 bits per heavy atom. The van der Waals surface area contributed by atoms with Crippen molar-refractivity contribution in [1.29, 1.82) is 0 Å². The Morgan fingerprint density at radius 3 is 2.50 bits per heavy atom. The van der Waals surface area contributed by atoms with Gasteiger partial charge in [0, 0.05) is 44.4 Å². The van der Waals surface area contributed by atoms with Crippen molar-refractivity contribution in [1.82, 2.24) is 10.6 Å². The highest BCUT2D eigenvalue weighted by molar-refractivity contribution is 14.0. The zero-order chi connectivity index (χ0) is 16.1. The summed E-state index contributed by atoms with van der Waals surface area (Å²) in [6, 6.07) is 0.991. The molecule has 0 amide bonds. The summed E-state index contributed by atoms with van der Waals surface area (Å²) < 4.78 is 11.5. The van der Waals surface area contributed by atoms with E-state index in [2.05, 4.69) is 22.5 Å². The lowest BCUT2D eigenvalue weighted by Gasteiger charge is -2.58. The van der Waals surface area contributed by atoms with Crippen LogP contribution in [-0.4, -0.2) is 51.0 Å². The van der Waals surface area contributed by atoms with Crippen LogP contribution in [0.4, 0.5) is 0 Å². The van der Waals surface area contributed by atoms with Gasteiger partial charge in [-0.15, -0.1) is 24.0 Å². The van der Waals surface area contributed by atoms with Crippen LogP contribution in [0.1, 0.15) is 58.3 Å². The summed E-state index contributed by atoms with van der Waals surface area (Å²) >= 11 is 0. The predicted octanol–water partition coefficient (Wildman–Crippen LogP) is 3.08. The second-order valence-corrected chi connectivity index (χ2v) is 7.27. The van der Waals surface area contributed by atoms with Crippen molar-refractivity contribution in [3.05, 3.63) is 0 Å². The molecule has 0 aromatic rings. The van der Waals surface area contributed by atoms with Crippen LogP contribution in [0, 0.1) is 5.41 Å². The van der Waals surface area contributed by atoms with Gasteiger partial charge in [0.05, 0.1) is 6.10 Å². The number of hydrogen-bond acceptors (Lipinski definition) is 3. The Labute approximate surface area is 163 Å². The highest BCUT2D eigenvalue weighted by Crippen LogP contribution is 2.53. The van der Waals surface area contributed by atoms with E-state index in [4.69, 9.17) is 9.47 Å². The van der Waals surface area contributed by atoms with Crippen LogP contribution in [-0.2, 0) is 9.47 Å². The molecule has 6 heteroatoms. The SMILES string of the molecule is CCOC1CC(NC(=NC)NC2CCOCC2)C12CCCCC2.I. The molecule has 5 nitrogen and oxygen atoms in total. The largest absolute Gasteiger partial charge is 0.381 e. The Morgan fingerprint density at radius 2 is 1.88 bits per heavy atom. The first kappa shape index (κ1) is 20.2. The van der Waals surface area contributed by atoms with Gasteiger partial charge in [-0.2, -0.15) is 0 Å². The molecule has 1 spiro atoms. The Balaban J connectivity index is 0.00000208. The monoisotopic (exact) mass is 451 g/mol. The van der Waals surface area contributed by atoms with Gasteiger partial charge in [-0.1, -0.05) is 19.3 Å². The van der Waals surface area contributed by atoms with Crippen LogP contribution in [0.5, 0.6) is 0 Å². The molecular formula is C18H34IN3O2. The molecule has 2 unspecified atom stereocenters. The summed E-state index contributed by atoms with van der Waals surface area (Å²) in [5, 5.41) is 7.31. The van der Waals surface area contributed by atoms with Crippen molar-refractivity contribution < 1.29 is 9.47 Å². The van der Waals surface area contributed by atoms with Gasteiger partial charge in [0.1, 0.15) is 0 Å². The summed E-state index contributed by atoms with van der Waals surface area (Å²) in [4.78, 5) is 4.47. The van der Waals surface area contributed by atoms with Gasteiger partial charge in [-0.3, -0.25) is 4.99 Å². The number of halogens is 1. The summed E-state index contributed by atoms with van der Waals surface area (Å²) in [5.74, 6) is 0.960. The number of nitrogens with one attached hydrogen (secondary N) is 2. The van der Waals surface area contributed by atoms with E-state index in [1.54, 1.807) is 0 Å². The third-order valence-corrected chi connectivity index (χ3v) is 6.03. The molecule has 140 valence electrons. The lowest BCUT2D eigenvalue weighted by molar-refractivity contribution is -0.145. The van der Waals surface area contributed by atoms with E-state index in [9.17, 15) is 0 Å². The molecule has 2 aliphatic carbocycles. The van der Waals surface area contributed by atoms with Crippen molar-refractivity contribution in [3.63, 3.8) is 0 Å². The maximum absolute atomic E-state index is 6.05. The van der Waals surface area contributed by atoms with Gasteiger partial charge in [-0.05, 0) is 39.0 Å². The number of hydrogen-bond donors (Lipinski definition) is 2. The maximum Gasteiger partial charge on any atom is 0.191 e. The van der Waals surface area contributed by atoms with E-state index in [1.165, 1.54) is 32.1 Å². The average molecular weight is 451 g/mol. The minimum atomic E-state index is 0. The zero-order valence-corrected chi connectivity index (χ0v) is 17.5. The van der Waals surface area contributed by atoms with Crippen LogP contribution in [0.3, 0.4) is 0 Å². The molecule has 0 bridgehead atoms. The molecule has 3 rings (SSSR count). The predicted molar refractivity (Wildman–Crippen MR) is 108 cm³/mol. The molecule has 3 fully saturated rings. The standard InChI is InChI=1S/C18H33N3O2.HI/c1-3-23-16-13-15(18(16)9-5-4-6-10-18)21-17(19-2)20-14-7-11-22-12-8-14;/h14-16H,3-13H2,1-2H3,(H2,19,20,21);1H. The normalized spacial score (nSPS) is 30.3. The summed E-state index contributed by atoms with van der Waals surface area (Å²) in [5.41, 5.74) is 0.335. The fraction of sp³-hybridized carbons (Fsp3) is 0.944. The van der Waals surface area contributed by atoms with Crippen LogP contribution in [0.15, 0.2) is 4.99 Å². The molecule has 2 saturated carbocycles. The second-order valence-electron chi connectivity index (χ2n) is 7.27. The van der Waals surface area contributed by atoms with Gasteiger partial charge >= 0.3 is 0 Å². The molecule has 3 aliphatic rings. The number of ether oxygens (including phenoxy) is 2. The summed E-state index contributed by atoms with van der Waals surface area (Å²) in [7, 11) is 1.88. The molecule has 0 aromatic carbocycles. The van der Waals surface area contributed by atoms with Crippen molar-refractivity contribution in [3.8, 4) is 0 Å². The first-order valence-electron chi connectivity index (χ1n) is 9.47. The van der Waals surface area contributed by atoms with Crippen molar-refractivity contribution in [2.45, 2.75) is 76.5 Å². The number of guanidine groups is 1. The van der Waals surface area contributed by atoms with Crippen LogP contribution >= 0.6 is 24.0 Å². The molecule has 1 aliphatic heterocycles. The number of nitrogens with zero attached hydrogens (tertiary/aromatic N) is 1. The molecule has 1 heterocycles. The number of aliphatic imine (C=N–C) groups is 1. The van der Waals surface area contributed by atoms with Gasteiger partial charge in [0.2, 0.25) is 0 Å². The van der Waals surface area contributed by atoms with E-state index in [1.807, 2.05) is 7.05 Å². The Hall–Kier alpha value is -0.0800. The molecule has 24 heavy (non-hydrogen) atoms. The molecule has 1 saturated heterocycles. The highest BCUT2D eigenvalue weighted by Gasteiger charge is 2.55. The molecule has 2 N–H and O–H groups in total. The van der Waals surface area contributed by atoms with E-state index < -0.39 is 0 Å². The van der Waals surface area contributed by atoms with Crippen molar-refractivity contribution in [2.75, 3.05) is 26.9 Å². The van der Waals surface area contributed by atoms with E-state index in [0.29, 0.717) is 23.6 Å². The topological polar surface area (TPSA) is 54.9 Å². The first-order valence-corrected chi connectivity index (χ1v) is 9.47. The molecule has 0 radical (unpaired) electrons. The van der Waals surface area contributed by atoms with Crippen LogP contribution in [0.2, 0.25) is 0 Å². The molecular weight excluding hydrogens is 417 g/mol. The van der Waals surface area contributed by atoms with Crippen LogP contribution < -0.4 is 10.6 Å². The van der Waals surface area contributed by atoms with Gasteiger partial charge in [0.15, 0.2) is 5.96 Å². The molecule has 0 aromatic heterocycles. The first-order chi connectivity index (χ1) is 11.3. The Kier molecular flexibility index (Phi) is 8.07. The third kappa shape index (κ3) is 4.36. The maximum atomic E-state index is 6.05. The minimum Gasteiger partial charge on any atom is -0.381 e. The lowest BCUT2D eigenvalue weighted by Crippen LogP contribution is -2.67. The quantitative estimate of drug-likeness (QED) is 0.392. The van der Waals surface area contributed by atoms with E-state index >= 15 is 0 Å². The molecule has 2 atom stereocenters. The Bertz CT molecular complexity index is 407. The minimum absolute atomic E-state index is 0. The van der Waals surface area contributed by atoms with E-state index in [0.717, 1.165) is 45.0 Å². The summed E-state index contributed by atoms with van der Waals surface area (Å²) in [6.07, 6.45) is 10.3. The van der Waals surface area contributed by atoms with E-state index in [-0.39, 0.29) is 24.0 Å². The number of rotatable bonds is 4. The summed E-state index contributed by atoms with van der Waals surface area (Å²) in [6.45, 7) is 4.65. The fourth-order valence-electron chi connectivity index (χ4n) is 4.64. The lowest BCUT2D eigenvalue weighted by atomic mass is 9.55. The van der Waals surface area contributed by atoms with Gasteiger partial charge in [0.25, 0.3) is 0 Å². The van der Waals surface area contributed by atoms with Gasteiger partial charge in [-0.25, -0.2) is 0 Å². The highest BCUT2D eigenvalue weighted by atomic mass is 127. The average Bonchev–Trinajstić information content (AvgIpc) is 2.61. The second kappa shape index (κ2) is 9.57. The zero-order valence-electron chi connectivity index (χ0n) is 15.2. The van der Waals surface area contributed by atoms with Crippen molar-refractivity contribution >= 4 is 29.9 Å². The van der Waals surface area contributed by atoms with Gasteiger partial charge < -0.3 is 20.1 Å². The van der Waals surface area contributed by atoms with Crippen LogP contribution in [0.25, 0.3) is 0 Å². The fourth-order valence-corrected chi connectivity index (χ4v) is 4.64. The smallest absolute Gasteiger partial charge is 0.191 e. The third-order valence-electron chi connectivity index (χ3n) is 6.03. The van der Waals surface area contributed by atoms with Crippen molar-refractivity contribution in [2.24, 2.45) is 10.4 Å².